The number of methoxy groups -OCH3 is 1. The highest BCUT2D eigenvalue weighted by Gasteiger charge is 2.35. The molecular weight excluding hydrogens is 371 g/mol. The van der Waals surface area contributed by atoms with Crippen LogP contribution in [0.5, 0.6) is 5.75 Å². The molecule has 0 bridgehead atoms. The minimum Gasteiger partial charge on any atom is -0.496 e. The zero-order chi connectivity index (χ0) is 20.2. The second-order valence-corrected chi connectivity index (χ2v) is 11.9. The van der Waals surface area contributed by atoms with Crippen LogP contribution >= 0.6 is 7.92 Å². The molecule has 29 heavy (non-hydrogen) atoms. The van der Waals surface area contributed by atoms with Gasteiger partial charge in [-0.15, -0.1) is 0 Å². The fourth-order valence-corrected chi connectivity index (χ4v) is 9.71. The molecule has 0 aromatic heterocycles. The predicted octanol–water partition coefficient (Wildman–Crippen LogP) is 7.75. The lowest BCUT2D eigenvalue weighted by molar-refractivity contribution is 0.416. The lowest BCUT2D eigenvalue weighted by Crippen LogP contribution is -2.28. The van der Waals surface area contributed by atoms with Crippen molar-refractivity contribution in [1.82, 2.24) is 0 Å². The standard InChI is InChI=1S/C27H37OP/c1-20-14-17-22(18-15-20)26-25(28-3)19-16-21(2)27(26)29(23-10-6-4-7-11-23)24-12-8-5-9-13-24/h14-19,23-24H,4-13H2,1-3H3. The van der Waals surface area contributed by atoms with Crippen molar-refractivity contribution in [1.29, 1.82) is 0 Å². The number of rotatable bonds is 5. The summed E-state index contributed by atoms with van der Waals surface area (Å²) in [6, 6.07) is 13.7. The molecule has 2 aromatic carbocycles. The second kappa shape index (κ2) is 9.65. The Morgan fingerprint density at radius 3 is 1.79 bits per heavy atom. The summed E-state index contributed by atoms with van der Waals surface area (Å²) < 4.78 is 5.96. The van der Waals surface area contributed by atoms with Crippen molar-refractivity contribution in [2.45, 2.75) is 89.4 Å². The lowest BCUT2D eigenvalue weighted by Gasteiger charge is -2.40. The molecule has 156 valence electrons. The van der Waals surface area contributed by atoms with Gasteiger partial charge in [-0.05, 0) is 73.3 Å². The van der Waals surface area contributed by atoms with E-state index in [9.17, 15) is 0 Å². The molecule has 0 saturated heterocycles. The molecule has 0 aliphatic heterocycles. The van der Waals surface area contributed by atoms with Gasteiger partial charge in [0.15, 0.2) is 0 Å². The molecular formula is C27H37OP. The van der Waals surface area contributed by atoms with Crippen molar-refractivity contribution in [3.63, 3.8) is 0 Å². The molecule has 0 unspecified atom stereocenters. The van der Waals surface area contributed by atoms with E-state index in [1.807, 2.05) is 7.11 Å². The highest BCUT2D eigenvalue weighted by Crippen LogP contribution is 2.57. The van der Waals surface area contributed by atoms with E-state index in [0.717, 1.165) is 17.1 Å². The van der Waals surface area contributed by atoms with Crippen LogP contribution < -0.4 is 10.0 Å². The van der Waals surface area contributed by atoms with Crippen LogP contribution in [0.25, 0.3) is 11.1 Å². The number of aryl methyl sites for hydroxylation is 2. The summed E-state index contributed by atoms with van der Waals surface area (Å²) >= 11 is 0. The third-order valence-corrected chi connectivity index (χ3v) is 10.8. The molecule has 0 N–H and O–H groups in total. The van der Waals surface area contributed by atoms with Gasteiger partial charge in [-0.25, -0.2) is 0 Å². The third kappa shape index (κ3) is 4.56. The molecule has 2 saturated carbocycles. The number of ether oxygens (including phenoxy) is 1. The van der Waals surface area contributed by atoms with Gasteiger partial charge in [0.2, 0.25) is 0 Å². The second-order valence-electron chi connectivity index (χ2n) is 9.17. The first-order valence-corrected chi connectivity index (χ1v) is 13.2. The van der Waals surface area contributed by atoms with Crippen LogP contribution in [0.2, 0.25) is 0 Å². The average Bonchev–Trinajstić information content (AvgIpc) is 2.77. The van der Waals surface area contributed by atoms with Crippen LogP contribution in [0, 0.1) is 13.8 Å². The molecule has 0 heterocycles. The maximum Gasteiger partial charge on any atom is 0.127 e. The van der Waals surface area contributed by atoms with Crippen molar-refractivity contribution < 1.29 is 4.74 Å². The zero-order valence-electron chi connectivity index (χ0n) is 18.5. The van der Waals surface area contributed by atoms with Gasteiger partial charge in [0.25, 0.3) is 0 Å². The molecule has 2 fully saturated rings. The summed E-state index contributed by atoms with van der Waals surface area (Å²) in [7, 11) is 1.68. The molecule has 4 rings (SSSR count). The first-order valence-electron chi connectivity index (χ1n) is 11.7. The SMILES string of the molecule is COc1ccc(C)c(P(C2CCCCC2)C2CCCCC2)c1-c1ccc(C)cc1. The van der Waals surface area contributed by atoms with Crippen molar-refractivity contribution >= 4 is 13.2 Å². The quantitative estimate of drug-likeness (QED) is 0.460. The van der Waals surface area contributed by atoms with Gasteiger partial charge in [-0.3, -0.25) is 0 Å². The molecule has 0 amide bonds. The Kier molecular flexibility index (Phi) is 6.96. The van der Waals surface area contributed by atoms with Crippen molar-refractivity contribution in [3.05, 3.63) is 47.5 Å². The third-order valence-electron chi connectivity index (χ3n) is 7.10. The van der Waals surface area contributed by atoms with Gasteiger partial charge in [-0.2, -0.15) is 0 Å². The largest absolute Gasteiger partial charge is 0.496 e. The van der Waals surface area contributed by atoms with Gasteiger partial charge in [0.05, 0.1) is 7.11 Å². The van der Waals surface area contributed by atoms with Crippen molar-refractivity contribution in [3.8, 4) is 16.9 Å². The number of hydrogen-bond donors (Lipinski definition) is 0. The van der Waals surface area contributed by atoms with E-state index in [2.05, 4.69) is 50.2 Å². The Hall–Kier alpha value is -1.33. The molecule has 0 spiro atoms. The summed E-state index contributed by atoms with van der Waals surface area (Å²) in [6.07, 6.45) is 14.3. The predicted molar refractivity (Wildman–Crippen MR) is 128 cm³/mol. The normalized spacial score (nSPS) is 18.9. The van der Waals surface area contributed by atoms with Gasteiger partial charge < -0.3 is 4.74 Å². The van der Waals surface area contributed by atoms with Crippen LogP contribution in [-0.2, 0) is 0 Å². The lowest BCUT2D eigenvalue weighted by atomic mass is 9.99. The zero-order valence-corrected chi connectivity index (χ0v) is 19.4. The fraction of sp³-hybridized carbons (Fsp3) is 0.556. The Bertz CT molecular complexity index is 780. The van der Waals surface area contributed by atoms with Gasteiger partial charge in [-0.1, -0.05) is 82.3 Å². The van der Waals surface area contributed by atoms with Gasteiger partial charge in [0, 0.05) is 5.56 Å². The Morgan fingerprint density at radius 2 is 1.28 bits per heavy atom. The van der Waals surface area contributed by atoms with Crippen LogP contribution in [0.4, 0.5) is 0 Å². The molecule has 2 heteroatoms. The Labute approximate surface area is 179 Å². The van der Waals surface area contributed by atoms with E-state index in [4.69, 9.17) is 4.74 Å². The maximum absolute atomic E-state index is 5.96. The van der Waals surface area contributed by atoms with E-state index < -0.39 is 0 Å². The Balaban J connectivity index is 1.87. The molecule has 0 atom stereocenters. The fourth-order valence-electron chi connectivity index (χ4n) is 5.56. The topological polar surface area (TPSA) is 9.23 Å². The minimum atomic E-state index is -0.167. The van der Waals surface area contributed by atoms with Crippen LogP contribution in [-0.4, -0.2) is 18.4 Å². The number of hydrogen-bond acceptors (Lipinski definition) is 1. The summed E-state index contributed by atoms with van der Waals surface area (Å²) in [5.74, 6) is 1.06. The van der Waals surface area contributed by atoms with E-state index in [0.29, 0.717) is 0 Å². The number of benzene rings is 2. The molecule has 2 aromatic rings. The van der Waals surface area contributed by atoms with E-state index in [1.54, 1.807) is 5.30 Å². The van der Waals surface area contributed by atoms with Gasteiger partial charge >= 0.3 is 0 Å². The molecule has 2 aliphatic rings. The maximum atomic E-state index is 5.96. The smallest absolute Gasteiger partial charge is 0.127 e. The van der Waals surface area contributed by atoms with E-state index in [1.165, 1.54) is 86.5 Å². The summed E-state index contributed by atoms with van der Waals surface area (Å²) in [6.45, 7) is 4.53. The molecule has 1 nitrogen and oxygen atoms in total. The van der Waals surface area contributed by atoms with Crippen LogP contribution in [0.3, 0.4) is 0 Å². The highest BCUT2D eigenvalue weighted by molar-refractivity contribution is 7.67. The van der Waals surface area contributed by atoms with Crippen molar-refractivity contribution in [2.24, 2.45) is 0 Å². The summed E-state index contributed by atoms with van der Waals surface area (Å²) in [5, 5.41) is 1.67. The molecule has 2 aliphatic carbocycles. The van der Waals surface area contributed by atoms with Crippen LogP contribution in [0.15, 0.2) is 36.4 Å². The first-order chi connectivity index (χ1) is 14.2. The summed E-state index contributed by atoms with van der Waals surface area (Å²) in [4.78, 5) is 0. The van der Waals surface area contributed by atoms with E-state index >= 15 is 0 Å². The van der Waals surface area contributed by atoms with Gasteiger partial charge in [0.1, 0.15) is 5.75 Å². The average molecular weight is 409 g/mol. The summed E-state index contributed by atoms with van der Waals surface area (Å²) in [5.41, 5.74) is 7.35. The first kappa shape index (κ1) is 20.9. The Morgan fingerprint density at radius 1 is 0.724 bits per heavy atom. The molecule has 0 radical (unpaired) electrons. The van der Waals surface area contributed by atoms with E-state index in [-0.39, 0.29) is 7.92 Å². The van der Waals surface area contributed by atoms with Crippen LogP contribution in [0.1, 0.15) is 75.3 Å². The monoisotopic (exact) mass is 408 g/mol. The minimum absolute atomic E-state index is 0.167. The highest BCUT2D eigenvalue weighted by atomic mass is 31.1. The van der Waals surface area contributed by atoms with Crippen molar-refractivity contribution in [2.75, 3.05) is 7.11 Å².